The zero-order chi connectivity index (χ0) is 12.1. The van der Waals surface area contributed by atoms with Gasteiger partial charge in [-0.15, -0.1) is 11.8 Å². The van der Waals surface area contributed by atoms with Gasteiger partial charge in [0.05, 0.1) is 6.61 Å². The SMILES string of the molecule is OCc1cccc(SCc2ccc(Cl)cc2)c1. The molecule has 1 N–H and O–H groups in total. The van der Waals surface area contributed by atoms with Gasteiger partial charge in [0.1, 0.15) is 0 Å². The highest BCUT2D eigenvalue weighted by Crippen LogP contribution is 2.24. The minimum absolute atomic E-state index is 0.0926. The molecule has 88 valence electrons. The number of rotatable bonds is 4. The number of benzene rings is 2. The Kier molecular flexibility index (Phi) is 4.49. The first kappa shape index (κ1) is 12.5. The van der Waals surface area contributed by atoms with Crippen LogP contribution in [0.1, 0.15) is 11.1 Å². The van der Waals surface area contributed by atoms with Gasteiger partial charge in [-0.2, -0.15) is 0 Å². The third kappa shape index (κ3) is 3.77. The fraction of sp³-hybridized carbons (Fsp3) is 0.143. The van der Waals surface area contributed by atoms with Gasteiger partial charge in [-0.25, -0.2) is 0 Å². The van der Waals surface area contributed by atoms with Gasteiger partial charge in [0.25, 0.3) is 0 Å². The molecule has 17 heavy (non-hydrogen) atoms. The molecule has 0 aliphatic rings. The average molecular weight is 265 g/mol. The van der Waals surface area contributed by atoms with Gasteiger partial charge in [0.15, 0.2) is 0 Å². The number of aliphatic hydroxyl groups is 1. The minimum Gasteiger partial charge on any atom is -0.392 e. The van der Waals surface area contributed by atoms with Crippen molar-refractivity contribution >= 4 is 23.4 Å². The number of thioether (sulfide) groups is 1. The molecule has 0 atom stereocenters. The maximum Gasteiger partial charge on any atom is 0.0682 e. The van der Waals surface area contributed by atoms with Gasteiger partial charge in [-0.3, -0.25) is 0 Å². The lowest BCUT2D eigenvalue weighted by molar-refractivity contribution is 0.281. The third-order valence-corrected chi connectivity index (χ3v) is 3.72. The van der Waals surface area contributed by atoms with E-state index in [-0.39, 0.29) is 6.61 Å². The zero-order valence-corrected chi connectivity index (χ0v) is 10.8. The molecule has 2 aromatic rings. The van der Waals surface area contributed by atoms with Gasteiger partial charge >= 0.3 is 0 Å². The molecule has 2 aromatic carbocycles. The van der Waals surface area contributed by atoms with Crippen molar-refractivity contribution in [2.45, 2.75) is 17.3 Å². The molecule has 0 saturated carbocycles. The molecule has 0 aliphatic heterocycles. The summed E-state index contributed by atoms with van der Waals surface area (Å²) in [6.07, 6.45) is 0. The smallest absolute Gasteiger partial charge is 0.0682 e. The van der Waals surface area contributed by atoms with Crippen LogP contribution in [0.5, 0.6) is 0 Å². The number of aliphatic hydroxyl groups excluding tert-OH is 1. The Labute approximate surface area is 110 Å². The van der Waals surface area contributed by atoms with Crippen molar-refractivity contribution in [3.8, 4) is 0 Å². The maximum atomic E-state index is 9.05. The van der Waals surface area contributed by atoms with Gasteiger partial charge in [0.2, 0.25) is 0 Å². The Balaban J connectivity index is 1.99. The van der Waals surface area contributed by atoms with Crippen molar-refractivity contribution < 1.29 is 5.11 Å². The molecule has 0 aromatic heterocycles. The average Bonchev–Trinajstić information content (AvgIpc) is 2.38. The lowest BCUT2D eigenvalue weighted by Gasteiger charge is -2.04. The molecule has 0 saturated heterocycles. The van der Waals surface area contributed by atoms with E-state index in [0.29, 0.717) is 0 Å². The Morgan fingerprint density at radius 3 is 2.47 bits per heavy atom. The lowest BCUT2D eigenvalue weighted by Crippen LogP contribution is -1.84. The van der Waals surface area contributed by atoms with E-state index < -0.39 is 0 Å². The topological polar surface area (TPSA) is 20.2 Å². The largest absolute Gasteiger partial charge is 0.392 e. The van der Waals surface area contributed by atoms with Crippen molar-refractivity contribution in [1.82, 2.24) is 0 Å². The quantitative estimate of drug-likeness (QED) is 0.838. The van der Waals surface area contributed by atoms with Crippen LogP contribution in [0.4, 0.5) is 0 Å². The van der Waals surface area contributed by atoms with Crippen molar-refractivity contribution in [3.05, 3.63) is 64.7 Å². The number of hydrogen-bond acceptors (Lipinski definition) is 2. The van der Waals surface area contributed by atoms with E-state index in [4.69, 9.17) is 16.7 Å². The van der Waals surface area contributed by atoms with E-state index in [1.54, 1.807) is 11.8 Å². The van der Waals surface area contributed by atoms with Crippen LogP contribution in [0.15, 0.2) is 53.4 Å². The van der Waals surface area contributed by atoms with Gasteiger partial charge in [-0.05, 0) is 35.4 Å². The predicted octanol–water partition coefficient (Wildman–Crippen LogP) is 4.12. The molecule has 0 heterocycles. The van der Waals surface area contributed by atoms with E-state index in [1.807, 2.05) is 42.5 Å². The van der Waals surface area contributed by atoms with Gasteiger partial charge < -0.3 is 5.11 Å². The molecule has 1 nitrogen and oxygen atoms in total. The van der Waals surface area contributed by atoms with Crippen LogP contribution in [0, 0.1) is 0 Å². The molecular formula is C14H13ClOS. The standard InChI is InChI=1S/C14H13ClOS/c15-13-6-4-11(5-7-13)10-17-14-3-1-2-12(8-14)9-16/h1-8,16H,9-10H2. The van der Waals surface area contributed by atoms with Crippen LogP contribution >= 0.6 is 23.4 Å². The van der Waals surface area contributed by atoms with E-state index >= 15 is 0 Å². The molecule has 0 unspecified atom stereocenters. The second-order valence-electron chi connectivity index (χ2n) is 3.72. The summed E-state index contributed by atoms with van der Waals surface area (Å²) in [5.74, 6) is 0.909. The molecule has 0 bridgehead atoms. The van der Waals surface area contributed by atoms with Crippen molar-refractivity contribution in [2.75, 3.05) is 0 Å². The Morgan fingerprint density at radius 2 is 1.76 bits per heavy atom. The summed E-state index contributed by atoms with van der Waals surface area (Å²) in [6.45, 7) is 0.0926. The molecular weight excluding hydrogens is 252 g/mol. The first-order valence-electron chi connectivity index (χ1n) is 5.35. The Bertz CT molecular complexity index is 482. The fourth-order valence-electron chi connectivity index (χ4n) is 1.48. The van der Waals surface area contributed by atoms with Crippen LogP contribution in [0.2, 0.25) is 5.02 Å². The molecule has 0 spiro atoms. The van der Waals surface area contributed by atoms with Crippen LogP contribution in [-0.4, -0.2) is 5.11 Å². The number of halogens is 1. The van der Waals surface area contributed by atoms with Crippen molar-refractivity contribution in [1.29, 1.82) is 0 Å². The highest BCUT2D eigenvalue weighted by atomic mass is 35.5. The van der Waals surface area contributed by atoms with Crippen molar-refractivity contribution in [2.24, 2.45) is 0 Å². The second kappa shape index (κ2) is 6.10. The molecule has 0 fully saturated rings. The molecule has 2 rings (SSSR count). The summed E-state index contributed by atoms with van der Waals surface area (Å²) < 4.78 is 0. The van der Waals surface area contributed by atoms with Gasteiger partial charge in [0, 0.05) is 15.7 Å². The lowest BCUT2D eigenvalue weighted by atomic mass is 10.2. The fourth-order valence-corrected chi connectivity index (χ4v) is 2.54. The highest BCUT2D eigenvalue weighted by Gasteiger charge is 1.98. The van der Waals surface area contributed by atoms with Crippen LogP contribution in [-0.2, 0) is 12.4 Å². The predicted molar refractivity (Wildman–Crippen MR) is 73.4 cm³/mol. The van der Waals surface area contributed by atoms with Crippen LogP contribution in [0.25, 0.3) is 0 Å². The highest BCUT2D eigenvalue weighted by molar-refractivity contribution is 7.98. The minimum atomic E-state index is 0.0926. The second-order valence-corrected chi connectivity index (χ2v) is 5.21. The summed E-state index contributed by atoms with van der Waals surface area (Å²) in [5, 5.41) is 9.82. The maximum absolute atomic E-state index is 9.05. The van der Waals surface area contributed by atoms with Crippen molar-refractivity contribution in [3.63, 3.8) is 0 Å². The summed E-state index contributed by atoms with van der Waals surface area (Å²) in [5.41, 5.74) is 2.19. The van der Waals surface area contributed by atoms with Gasteiger partial charge in [-0.1, -0.05) is 35.9 Å². The first-order chi connectivity index (χ1) is 8.28. The monoisotopic (exact) mass is 264 g/mol. The summed E-state index contributed by atoms with van der Waals surface area (Å²) in [6, 6.07) is 15.8. The van der Waals surface area contributed by atoms with E-state index in [9.17, 15) is 0 Å². The van der Waals surface area contributed by atoms with E-state index in [2.05, 4.69) is 6.07 Å². The third-order valence-electron chi connectivity index (χ3n) is 2.40. The summed E-state index contributed by atoms with van der Waals surface area (Å²) in [7, 11) is 0. The van der Waals surface area contributed by atoms with E-state index in [1.165, 1.54) is 10.5 Å². The normalized spacial score (nSPS) is 10.5. The Hall–Kier alpha value is -0.960. The Morgan fingerprint density at radius 1 is 1.00 bits per heavy atom. The van der Waals surface area contributed by atoms with Crippen LogP contribution in [0.3, 0.4) is 0 Å². The molecule has 3 heteroatoms. The molecule has 0 aliphatic carbocycles. The summed E-state index contributed by atoms with van der Waals surface area (Å²) >= 11 is 7.59. The summed E-state index contributed by atoms with van der Waals surface area (Å²) in [4.78, 5) is 1.17. The zero-order valence-electron chi connectivity index (χ0n) is 9.27. The van der Waals surface area contributed by atoms with Crippen LogP contribution < -0.4 is 0 Å². The van der Waals surface area contributed by atoms with E-state index in [0.717, 1.165) is 16.3 Å². The first-order valence-corrected chi connectivity index (χ1v) is 6.71. The molecule has 0 radical (unpaired) electrons. The molecule has 0 amide bonds. The number of hydrogen-bond donors (Lipinski definition) is 1.